The molecule has 0 N–H and O–H groups in total. The van der Waals surface area contributed by atoms with Crippen LogP contribution in [0.15, 0.2) is 48.7 Å². The summed E-state index contributed by atoms with van der Waals surface area (Å²) in [6.07, 6.45) is 4.75. The van der Waals surface area contributed by atoms with Crippen molar-refractivity contribution in [3.8, 4) is 5.88 Å². The van der Waals surface area contributed by atoms with Gasteiger partial charge < -0.3 is 14.5 Å². The van der Waals surface area contributed by atoms with Crippen LogP contribution < -0.4 is 4.74 Å². The minimum atomic E-state index is -0.343. The highest BCUT2D eigenvalue weighted by Crippen LogP contribution is 2.45. The predicted molar refractivity (Wildman–Crippen MR) is 110 cm³/mol. The van der Waals surface area contributed by atoms with Crippen molar-refractivity contribution < 1.29 is 14.3 Å². The van der Waals surface area contributed by atoms with Crippen molar-refractivity contribution in [2.45, 2.75) is 31.7 Å². The van der Waals surface area contributed by atoms with Crippen molar-refractivity contribution in [2.24, 2.45) is 5.41 Å². The maximum Gasteiger partial charge on any atom is 0.259 e. The molecule has 4 rings (SSSR count). The Hall–Kier alpha value is -2.89. The highest BCUT2D eigenvalue weighted by molar-refractivity contribution is 5.96. The monoisotopic (exact) mass is 393 g/mol. The van der Waals surface area contributed by atoms with Gasteiger partial charge in [-0.05, 0) is 43.4 Å². The summed E-state index contributed by atoms with van der Waals surface area (Å²) >= 11 is 0. The maximum atomic E-state index is 13.1. The van der Waals surface area contributed by atoms with E-state index >= 15 is 0 Å². The molecule has 0 radical (unpaired) electrons. The van der Waals surface area contributed by atoms with Gasteiger partial charge in [-0.25, -0.2) is 4.98 Å². The quantitative estimate of drug-likeness (QED) is 0.801. The summed E-state index contributed by atoms with van der Waals surface area (Å²) < 4.78 is 5.23. The number of ether oxygens (including phenoxy) is 1. The van der Waals surface area contributed by atoms with E-state index < -0.39 is 0 Å². The van der Waals surface area contributed by atoms with E-state index in [4.69, 9.17) is 4.74 Å². The first-order valence-corrected chi connectivity index (χ1v) is 10.1. The van der Waals surface area contributed by atoms with Crippen molar-refractivity contribution >= 4 is 11.8 Å². The summed E-state index contributed by atoms with van der Waals surface area (Å²) in [5, 5.41) is 0. The number of methoxy groups -OCH3 is 1. The Morgan fingerprint density at radius 3 is 2.59 bits per heavy atom. The smallest absolute Gasteiger partial charge is 0.259 e. The Morgan fingerprint density at radius 1 is 1.17 bits per heavy atom. The summed E-state index contributed by atoms with van der Waals surface area (Å²) in [7, 11) is 3.44. The summed E-state index contributed by atoms with van der Waals surface area (Å²) in [6, 6.07) is 14.0. The Bertz CT molecular complexity index is 891. The van der Waals surface area contributed by atoms with Gasteiger partial charge in [0, 0.05) is 32.4 Å². The highest BCUT2D eigenvalue weighted by Gasteiger charge is 2.51. The van der Waals surface area contributed by atoms with Crippen LogP contribution in [0.3, 0.4) is 0 Å². The molecule has 1 atom stereocenters. The third-order valence-corrected chi connectivity index (χ3v) is 6.46. The molecule has 3 heterocycles. The van der Waals surface area contributed by atoms with E-state index in [2.05, 4.69) is 17.1 Å². The molecule has 152 valence electrons. The number of aromatic nitrogens is 1. The minimum Gasteiger partial charge on any atom is -0.480 e. The van der Waals surface area contributed by atoms with Crippen molar-refractivity contribution in [2.75, 3.05) is 27.2 Å². The average molecular weight is 393 g/mol. The third-order valence-electron chi connectivity index (χ3n) is 6.46. The number of likely N-dealkylation sites (N-methyl/N-ethyl adjacent to an activating group) is 1. The molecule has 29 heavy (non-hydrogen) atoms. The first-order chi connectivity index (χ1) is 14.0. The molecule has 0 bridgehead atoms. The molecular weight excluding hydrogens is 366 g/mol. The van der Waals surface area contributed by atoms with Gasteiger partial charge in [0.25, 0.3) is 5.91 Å². The fraction of sp³-hybridized carbons (Fsp3) is 0.435. The van der Waals surface area contributed by atoms with Gasteiger partial charge in [0.1, 0.15) is 5.56 Å². The number of benzene rings is 1. The number of nitrogens with zero attached hydrogens (tertiary/aromatic N) is 3. The molecule has 6 heteroatoms. The van der Waals surface area contributed by atoms with E-state index in [-0.39, 0.29) is 23.3 Å². The third kappa shape index (κ3) is 3.59. The number of hydrogen-bond donors (Lipinski definition) is 0. The zero-order chi connectivity index (χ0) is 20.4. The number of hydrogen-bond acceptors (Lipinski definition) is 4. The van der Waals surface area contributed by atoms with Crippen LogP contribution in [0.5, 0.6) is 5.88 Å². The Balaban J connectivity index is 1.44. The van der Waals surface area contributed by atoms with Crippen LogP contribution >= 0.6 is 0 Å². The lowest BCUT2D eigenvalue weighted by Crippen LogP contribution is -2.46. The number of carbonyl (C=O) groups is 2. The first-order valence-electron chi connectivity index (χ1n) is 10.1. The lowest BCUT2D eigenvalue weighted by Gasteiger charge is -2.37. The van der Waals surface area contributed by atoms with Crippen molar-refractivity contribution in [3.05, 3.63) is 59.8 Å². The van der Waals surface area contributed by atoms with Gasteiger partial charge in [0.15, 0.2) is 0 Å². The number of piperidine rings is 1. The van der Waals surface area contributed by atoms with Gasteiger partial charge >= 0.3 is 0 Å². The van der Waals surface area contributed by atoms with Gasteiger partial charge in [-0.2, -0.15) is 0 Å². The summed E-state index contributed by atoms with van der Waals surface area (Å²) in [6.45, 7) is 1.16. The second kappa shape index (κ2) is 7.85. The van der Waals surface area contributed by atoms with E-state index in [1.807, 2.05) is 35.0 Å². The predicted octanol–water partition coefficient (Wildman–Crippen LogP) is 2.79. The zero-order valence-corrected chi connectivity index (χ0v) is 17.0. The Labute approximate surface area is 171 Å². The van der Waals surface area contributed by atoms with Gasteiger partial charge in [-0.3, -0.25) is 9.59 Å². The number of carbonyl (C=O) groups excluding carboxylic acids is 2. The van der Waals surface area contributed by atoms with Crippen LogP contribution in [0.2, 0.25) is 0 Å². The van der Waals surface area contributed by atoms with Crippen LogP contribution in [0.25, 0.3) is 0 Å². The minimum absolute atomic E-state index is 0.0792. The molecule has 2 amide bonds. The van der Waals surface area contributed by atoms with Crippen molar-refractivity contribution in [3.63, 3.8) is 0 Å². The van der Waals surface area contributed by atoms with Crippen molar-refractivity contribution in [1.82, 2.24) is 14.8 Å². The lowest BCUT2D eigenvalue weighted by molar-refractivity contribution is -0.137. The molecule has 1 aromatic carbocycles. The molecule has 6 nitrogen and oxygen atoms in total. The average Bonchev–Trinajstić information content (AvgIpc) is 2.99. The molecule has 2 aromatic rings. The summed E-state index contributed by atoms with van der Waals surface area (Å²) in [4.78, 5) is 33.9. The van der Waals surface area contributed by atoms with E-state index in [0.29, 0.717) is 37.4 Å². The molecule has 1 aromatic heterocycles. The van der Waals surface area contributed by atoms with Crippen LogP contribution in [0.1, 0.15) is 35.2 Å². The topological polar surface area (TPSA) is 62.7 Å². The van der Waals surface area contributed by atoms with Gasteiger partial charge in [-0.1, -0.05) is 30.3 Å². The van der Waals surface area contributed by atoms with Gasteiger partial charge in [0.2, 0.25) is 11.8 Å². The number of rotatable bonds is 4. The summed E-state index contributed by atoms with van der Waals surface area (Å²) in [5.41, 5.74) is 1.39. The molecular formula is C23H27N3O3. The fourth-order valence-electron chi connectivity index (χ4n) is 4.75. The SMILES string of the molecule is COc1ncccc1C(=O)N1CCC2(CC1)C[C@H](Cc1ccccc1)N(C)C2=O. The van der Waals surface area contributed by atoms with E-state index in [1.54, 1.807) is 18.3 Å². The Kier molecular flexibility index (Phi) is 5.26. The van der Waals surface area contributed by atoms with Gasteiger partial charge in [0.05, 0.1) is 12.5 Å². The maximum absolute atomic E-state index is 13.1. The molecule has 1 spiro atoms. The zero-order valence-electron chi connectivity index (χ0n) is 17.0. The summed E-state index contributed by atoms with van der Waals surface area (Å²) in [5.74, 6) is 0.492. The molecule has 0 unspecified atom stereocenters. The Morgan fingerprint density at radius 2 is 1.90 bits per heavy atom. The van der Waals surface area contributed by atoms with E-state index in [9.17, 15) is 9.59 Å². The fourth-order valence-corrected chi connectivity index (χ4v) is 4.75. The lowest BCUT2D eigenvalue weighted by atomic mass is 9.75. The second-order valence-electron chi connectivity index (χ2n) is 8.10. The van der Waals surface area contributed by atoms with E-state index in [1.165, 1.54) is 12.7 Å². The molecule has 2 aliphatic heterocycles. The molecule has 2 aliphatic rings. The number of likely N-dealkylation sites (tertiary alicyclic amines) is 2. The molecule has 0 saturated carbocycles. The normalized spacial score (nSPS) is 20.9. The first kappa shape index (κ1) is 19.4. The molecule has 0 aliphatic carbocycles. The van der Waals surface area contributed by atoms with E-state index in [0.717, 1.165) is 12.8 Å². The highest BCUT2D eigenvalue weighted by atomic mass is 16.5. The van der Waals surface area contributed by atoms with Crippen LogP contribution in [-0.2, 0) is 11.2 Å². The molecule has 2 fully saturated rings. The molecule has 2 saturated heterocycles. The second-order valence-corrected chi connectivity index (χ2v) is 8.10. The van der Waals surface area contributed by atoms with Crippen LogP contribution in [-0.4, -0.2) is 59.9 Å². The largest absolute Gasteiger partial charge is 0.480 e. The number of amides is 2. The van der Waals surface area contributed by atoms with Crippen LogP contribution in [0, 0.1) is 5.41 Å². The number of pyridine rings is 1. The van der Waals surface area contributed by atoms with Crippen LogP contribution in [0.4, 0.5) is 0 Å². The van der Waals surface area contributed by atoms with Gasteiger partial charge in [-0.15, -0.1) is 0 Å². The standard InChI is InChI=1S/C23H27N3O3/c1-25-18(15-17-7-4-3-5-8-17)16-23(22(25)28)10-13-26(14-11-23)21(27)19-9-6-12-24-20(19)29-2/h3-9,12,18H,10-11,13-16H2,1-2H3/t18-/m0/s1. The van der Waals surface area contributed by atoms with Crippen molar-refractivity contribution in [1.29, 1.82) is 0 Å².